The molecule has 0 radical (unpaired) electrons. The fraction of sp³-hybridized carbons (Fsp3) is 0.364. The SMILES string of the molecule is CC(F)(C=O)N1CCC(C2c3ccccc3Oc3cc(-c4nnn[nH]4)ccc32)CC1. The molecule has 5 rings (SSSR count). The monoisotopic (exact) mass is 407 g/mol. The van der Waals surface area contributed by atoms with Crippen LogP contribution in [0.15, 0.2) is 42.5 Å². The van der Waals surface area contributed by atoms with E-state index >= 15 is 0 Å². The minimum atomic E-state index is -1.91. The summed E-state index contributed by atoms with van der Waals surface area (Å²) in [6.45, 7) is 2.43. The molecule has 7 nitrogen and oxygen atoms in total. The number of halogens is 1. The van der Waals surface area contributed by atoms with Gasteiger partial charge in [0.25, 0.3) is 0 Å². The maximum Gasteiger partial charge on any atom is 0.216 e. The largest absolute Gasteiger partial charge is 0.457 e. The molecule has 2 unspecified atom stereocenters. The van der Waals surface area contributed by atoms with E-state index in [-0.39, 0.29) is 5.92 Å². The molecule has 2 atom stereocenters. The number of rotatable bonds is 4. The number of H-pyrrole nitrogens is 1. The second kappa shape index (κ2) is 7.28. The van der Waals surface area contributed by atoms with Crippen molar-refractivity contribution < 1.29 is 13.9 Å². The second-order valence-electron chi connectivity index (χ2n) is 8.09. The third-order valence-electron chi connectivity index (χ3n) is 6.29. The number of aromatic amines is 1. The van der Waals surface area contributed by atoms with Gasteiger partial charge in [-0.15, -0.1) is 5.10 Å². The van der Waals surface area contributed by atoms with Crippen LogP contribution in [0.5, 0.6) is 11.5 Å². The lowest BCUT2D eigenvalue weighted by molar-refractivity contribution is -0.131. The first-order valence-corrected chi connectivity index (χ1v) is 10.1. The molecule has 8 heteroatoms. The topological polar surface area (TPSA) is 84.0 Å². The molecule has 3 heterocycles. The minimum absolute atomic E-state index is 0.149. The van der Waals surface area contributed by atoms with Gasteiger partial charge in [0.1, 0.15) is 11.5 Å². The quantitative estimate of drug-likeness (QED) is 0.524. The summed E-state index contributed by atoms with van der Waals surface area (Å²) >= 11 is 0. The zero-order valence-electron chi connectivity index (χ0n) is 16.6. The third-order valence-corrected chi connectivity index (χ3v) is 6.29. The summed E-state index contributed by atoms with van der Waals surface area (Å²) in [5.74, 6) is 0.783. The van der Waals surface area contributed by atoms with Crippen molar-refractivity contribution in [1.82, 2.24) is 25.5 Å². The normalized spacial score (nSPS) is 21.2. The lowest BCUT2D eigenvalue weighted by Crippen LogP contribution is -2.49. The van der Waals surface area contributed by atoms with Crippen LogP contribution in [0.2, 0.25) is 0 Å². The van der Waals surface area contributed by atoms with Crippen molar-refractivity contribution in [2.45, 2.75) is 31.5 Å². The number of para-hydroxylation sites is 1. The molecular formula is C22H22FN5O2. The van der Waals surface area contributed by atoms with Gasteiger partial charge in [0, 0.05) is 35.7 Å². The van der Waals surface area contributed by atoms with Gasteiger partial charge in [-0.05, 0) is 48.2 Å². The number of likely N-dealkylation sites (tertiary alicyclic amines) is 1. The van der Waals surface area contributed by atoms with E-state index in [1.165, 1.54) is 6.92 Å². The van der Waals surface area contributed by atoms with E-state index in [0.29, 0.717) is 31.1 Å². The summed E-state index contributed by atoms with van der Waals surface area (Å²) in [7, 11) is 0. The first-order valence-electron chi connectivity index (χ1n) is 10.1. The molecule has 154 valence electrons. The van der Waals surface area contributed by atoms with Crippen LogP contribution in [0.25, 0.3) is 11.4 Å². The number of fused-ring (bicyclic) bond motifs is 2. The number of benzene rings is 2. The van der Waals surface area contributed by atoms with Crippen LogP contribution in [-0.2, 0) is 4.79 Å². The summed E-state index contributed by atoms with van der Waals surface area (Å²) in [5, 5.41) is 14.1. The molecule has 0 saturated carbocycles. The number of piperidine rings is 1. The van der Waals surface area contributed by atoms with Crippen LogP contribution >= 0.6 is 0 Å². The van der Waals surface area contributed by atoms with Crippen molar-refractivity contribution in [1.29, 1.82) is 0 Å². The molecule has 0 aliphatic carbocycles. The maximum absolute atomic E-state index is 14.5. The predicted molar refractivity (Wildman–Crippen MR) is 108 cm³/mol. The smallest absolute Gasteiger partial charge is 0.216 e. The Hall–Kier alpha value is -3.13. The molecule has 2 aliphatic heterocycles. The van der Waals surface area contributed by atoms with Crippen molar-refractivity contribution in [2.24, 2.45) is 5.92 Å². The van der Waals surface area contributed by atoms with Crippen molar-refractivity contribution in [3.63, 3.8) is 0 Å². The predicted octanol–water partition coefficient (Wildman–Crippen LogP) is 3.70. The highest BCUT2D eigenvalue weighted by Crippen LogP contribution is 2.50. The number of hydrogen-bond donors (Lipinski definition) is 1. The van der Waals surface area contributed by atoms with Crippen LogP contribution in [0.1, 0.15) is 36.8 Å². The molecule has 1 saturated heterocycles. The van der Waals surface area contributed by atoms with Crippen LogP contribution < -0.4 is 4.74 Å². The number of ether oxygens (including phenoxy) is 1. The number of aldehydes is 1. The summed E-state index contributed by atoms with van der Waals surface area (Å²) in [5.41, 5.74) is 3.11. The van der Waals surface area contributed by atoms with Crippen LogP contribution in [-0.4, -0.2) is 50.7 Å². The number of tetrazole rings is 1. The van der Waals surface area contributed by atoms with Gasteiger partial charge in [0.05, 0.1) is 0 Å². The van der Waals surface area contributed by atoms with Gasteiger partial charge in [-0.1, -0.05) is 30.3 Å². The Labute approximate surface area is 173 Å². The zero-order valence-corrected chi connectivity index (χ0v) is 16.6. The number of nitrogens with one attached hydrogen (secondary N) is 1. The maximum atomic E-state index is 14.5. The number of carbonyl (C=O) groups excluding carboxylic acids is 1. The number of hydrogen-bond acceptors (Lipinski definition) is 6. The standard InChI is InChI=1S/C22H22FN5O2/c1-22(23,13-29)28-10-8-14(9-11-28)20-16-4-2-3-5-18(16)30-19-12-15(6-7-17(19)20)21-24-26-27-25-21/h2-7,12-14,20H,8-11H2,1H3,(H,24,25,26,27). The van der Waals surface area contributed by atoms with Gasteiger partial charge in [-0.3, -0.25) is 9.69 Å². The average molecular weight is 407 g/mol. The molecule has 0 bridgehead atoms. The van der Waals surface area contributed by atoms with Gasteiger partial charge in [-0.2, -0.15) is 0 Å². The fourth-order valence-electron chi connectivity index (χ4n) is 4.68. The van der Waals surface area contributed by atoms with Crippen LogP contribution in [0, 0.1) is 5.92 Å². The molecule has 2 aromatic carbocycles. The highest BCUT2D eigenvalue weighted by molar-refractivity contribution is 5.63. The van der Waals surface area contributed by atoms with E-state index in [1.54, 1.807) is 4.90 Å². The Balaban J connectivity index is 1.49. The molecule has 3 aromatic rings. The molecule has 1 aromatic heterocycles. The first-order chi connectivity index (χ1) is 14.6. The number of aromatic nitrogens is 4. The Morgan fingerprint density at radius 1 is 1.17 bits per heavy atom. The van der Waals surface area contributed by atoms with Gasteiger partial charge < -0.3 is 4.74 Å². The molecule has 0 spiro atoms. The molecule has 30 heavy (non-hydrogen) atoms. The molecule has 1 N–H and O–H groups in total. The van der Waals surface area contributed by atoms with E-state index in [1.807, 2.05) is 30.3 Å². The average Bonchev–Trinajstić information content (AvgIpc) is 3.32. The van der Waals surface area contributed by atoms with Crippen molar-refractivity contribution in [3.8, 4) is 22.9 Å². The second-order valence-corrected chi connectivity index (χ2v) is 8.09. The van der Waals surface area contributed by atoms with E-state index in [4.69, 9.17) is 4.74 Å². The Bertz CT molecular complexity index is 1060. The van der Waals surface area contributed by atoms with Crippen molar-refractivity contribution in [3.05, 3.63) is 53.6 Å². The van der Waals surface area contributed by atoms with Gasteiger partial charge in [-0.25, -0.2) is 9.49 Å². The molecule has 2 aliphatic rings. The summed E-state index contributed by atoms with van der Waals surface area (Å²) in [4.78, 5) is 12.7. The summed E-state index contributed by atoms with van der Waals surface area (Å²) in [6.07, 6.45) is 2.01. The molecule has 1 fully saturated rings. The van der Waals surface area contributed by atoms with E-state index in [0.717, 1.165) is 41.0 Å². The van der Waals surface area contributed by atoms with Gasteiger partial charge in [0.2, 0.25) is 5.79 Å². The molecule has 0 amide bonds. The van der Waals surface area contributed by atoms with Gasteiger partial charge in [0.15, 0.2) is 12.1 Å². The number of alkyl halides is 1. The van der Waals surface area contributed by atoms with Gasteiger partial charge >= 0.3 is 0 Å². The Kier molecular flexibility index (Phi) is 4.58. The van der Waals surface area contributed by atoms with E-state index in [2.05, 4.69) is 32.8 Å². The third kappa shape index (κ3) is 3.17. The van der Waals surface area contributed by atoms with Crippen molar-refractivity contribution >= 4 is 6.29 Å². The fourth-order valence-corrected chi connectivity index (χ4v) is 4.68. The lowest BCUT2D eigenvalue weighted by atomic mass is 9.74. The van der Waals surface area contributed by atoms with E-state index < -0.39 is 5.79 Å². The minimum Gasteiger partial charge on any atom is -0.457 e. The van der Waals surface area contributed by atoms with Crippen LogP contribution in [0.4, 0.5) is 4.39 Å². The summed E-state index contributed by atoms with van der Waals surface area (Å²) in [6, 6.07) is 14.1. The lowest BCUT2D eigenvalue weighted by Gasteiger charge is -2.41. The molecular weight excluding hydrogens is 385 g/mol. The highest BCUT2D eigenvalue weighted by Gasteiger charge is 2.39. The first kappa shape index (κ1) is 18.9. The number of nitrogens with zero attached hydrogens (tertiary/aromatic N) is 4. The Morgan fingerprint density at radius 3 is 2.67 bits per heavy atom. The zero-order chi connectivity index (χ0) is 20.7. The van der Waals surface area contributed by atoms with Crippen LogP contribution in [0.3, 0.4) is 0 Å². The highest BCUT2D eigenvalue weighted by atomic mass is 19.1. The van der Waals surface area contributed by atoms with Crippen molar-refractivity contribution in [2.75, 3.05) is 13.1 Å². The number of carbonyl (C=O) groups is 1. The van der Waals surface area contributed by atoms with E-state index in [9.17, 15) is 9.18 Å². The Morgan fingerprint density at radius 2 is 1.93 bits per heavy atom. The summed E-state index contributed by atoms with van der Waals surface area (Å²) < 4.78 is 20.7.